The van der Waals surface area contributed by atoms with Gasteiger partial charge in [0.25, 0.3) is 11.5 Å². The number of hydrogen-bond acceptors (Lipinski definition) is 4. The number of amides is 1. The molecule has 1 amide bonds. The molecule has 0 aliphatic heterocycles. The van der Waals surface area contributed by atoms with Crippen molar-refractivity contribution in [1.82, 2.24) is 9.55 Å². The lowest BCUT2D eigenvalue weighted by atomic mass is 10.2. The van der Waals surface area contributed by atoms with Gasteiger partial charge in [-0.25, -0.2) is 9.36 Å². The number of benzene rings is 2. The molecular formula is C18H15N3O4. The standard InChI is InChI=1S/C18H15N3O4/c1-25-14-9-5-8-13(10-14)21-17(23)15(11-19-18(21)24)16(22)20-12-6-3-2-4-7-12/h2-11H,1H3,(H,19,24)(H,20,22). The Kier molecular flexibility index (Phi) is 4.47. The Morgan fingerprint density at radius 1 is 1.08 bits per heavy atom. The van der Waals surface area contributed by atoms with Crippen molar-refractivity contribution in [3.63, 3.8) is 0 Å². The maximum atomic E-state index is 12.7. The van der Waals surface area contributed by atoms with Gasteiger partial charge in [-0.1, -0.05) is 24.3 Å². The molecule has 0 spiro atoms. The quantitative estimate of drug-likeness (QED) is 0.759. The number of para-hydroxylation sites is 1. The predicted octanol–water partition coefficient (Wildman–Crippen LogP) is 1.79. The van der Waals surface area contributed by atoms with E-state index in [0.29, 0.717) is 17.1 Å². The molecule has 3 aromatic rings. The summed E-state index contributed by atoms with van der Waals surface area (Å²) in [6.07, 6.45) is 1.11. The van der Waals surface area contributed by atoms with E-state index >= 15 is 0 Å². The molecule has 0 saturated carbocycles. The van der Waals surface area contributed by atoms with Gasteiger partial charge in [0.2, 0.25) is 0 Å². The topological polar surface area (TPSA) is 93.2 Å². The first-order valence-electron chi connectivity index (χ1n) is 7.45. The van der Waals surface area contributed by atoms with Crippen LogP contribution in [-0.4, -0.2) is 22.6 Å². The zero-order chi connectivity index (χ0) is 17.8. The highest BCUT2D eigenvalue weighted by Crippen LogP contribution is 2.14. The van der Waals surface area contributed by atoms with Crippen LogP contribution in [0.25, 0.3) is 5.69 Å². The summed E-state index contributed by atoms with van der Waals surface area (Å²) < 4.78 is 6.00. The van der Waals surface area contributed by atoms with Gasteiger partial charge in [0, 0.05) is 18.0 Å². The van der Waals surface area contributed by atoms with Crippen LogP contribution in [0.4, 0.5) is 5.69 Å². The number of aromatic nitrogens is 2. The molecule has 126 valence electrons. The van der Waals surface area contributed by atoms with E-state index in [1.165, 1.54) is 13.2 Å². The molecule has 0 saturated heterocycles. The molecule has 0 atom stereocenters. The second-order valence-electron chi connectivity index (χ2n) is 5.17. The van der Waals surface area contributed by atoms with Gasteiger partial charge >= 0.3 is 5.69 Å². The summed E-state index contributed by atoms with van der Waals surface area (Å²) in [5.74, 6) is -0.118. The minimum atomic E-state index is -0.717. The maximum Gasteiger partial charge on any atom is 0.333 e. The van der Waals surface area contributed by atoms with E-state index in [9.17, 15) is 14.4 Å². The van der Waals surface area contributed by atoms with Crippen LogP contribution in [0.1, 0.15) is 10.4 Å². The summed E-state index contributed by atoms with van der Waals surface area (Å²) >= 11 is 0. The first-order chi connectivity index (χ1) is 12.1. The van der Waals surface area contributed by atoms with Gasteiger partial charge in [0.15, 0.2) is 0 Å². The van der Waals surface area contributed by atoms with Crippen LogP contribution in [0.2, 0.25) is 0 Å². The van der Waals surface area contributed by atoms with E-state index in [1.807, 2.05) is 6.07 Å². The lowest BCUT2D eigenvalue weighted by molar-refractivity contribution is 0.102. The number of hydrogen-bond donors (Lipinski definition) is 2. The van der Waals surface area contributed by atoms with Crippen LogP contribution in [0.5, 0.6) is 5.75 Å². The van der Waals surface area contributed by atoms with Crippen molar-refractivity contribution >= 4 is 11.6 Å². The smallest absolute Gasteiger partial charge is 0.333 e. The average Bonchev–Trinajstić information content (AvgIpc) is 2.63. The molecule has 0 fully saturated rings. The second-order valence-corrected chi connectivity index (χ2v) is 5.17. The Morgan fingerprint density at radius 2 is 1.84 bits per heavy atom. The fourth-order valence-corrected chi connectivity index (χ4v) is 2.34. The van der Waals surface area contributed by atoms with E-state index in [1.54, 1.807) is 42.5 Å². The van der Waals surface area contributed by atoms with Gasteiger partial charge in [0.1, 0.15) is 11.3 Å². The normalized spacial score (nSPS) is 10.3. The number of aromatic amines is 1. The van der Waals surface area contributed by atoms with Crippen LogP contribution in [0.15, 0.2) is 70.4 Å². The monoisotopic (exact) mass is 337 g/mol. The molecule has 3 rings (SSSR count). The highest BCUT2D eigenvalue weighted by atomic mass is 16.5. The minimum absolute atomic E-state index is 0.175. The largest absolute Gasteiger partial charge is 0.497 e. The SMILES string of the molecule is COc1cccc(-n2c(=O)[nH]cc(C(=O)Nc3ccccc3)c2=O)c1. The third kappa shape index (κ3) is 3.35. The Morgan fingerprint density at radius 3 is 2.56 bits per heavy atom. The van der Waals surface area contributed by atoms with Gasteiger partial charge < -0.3 is 15.0 Å². The van der Waals surface area contributed by atoms with Crippen molar-refractivity contribution < 1.29 is 9.53 Å². The third-order valence-electron chi connectivity index (χ3n) is 3.56. The lowest BCUT2D eigenvalue weighted by Crippen LogP contribution is -2.38. The van der Waals surface area contributed by atoms with Gasteiger partial charge in [0.05, 0.1) is 12.8 Å². The maximum absolute atomic E-state index is 12.7. The second kappa shape index (κ2) is 6.88. The first kappa shape index (κ1) is 16.3. The van der Waals surface area contributed by atoms with E-state index in [0.717, 1.165) is 10.8 Å². The molecular weight excluding hydrogens is 322 g/mol. The Labute approximate surface area is 142 Å². The summed E-state index contributed by atoms with van der Waals surface area (Å²) in [7, 11) is 1.48. The molecule has 0 aliphatic rings. The fraction of sp³-hybridized carbons (Fsp3) is 0.0556. The molecule has 0 radical (unpaired) electrons. The molecule has 0 unspecified atom stereocenters. The Bertz CT molecular complexity index is 1020. The number of carbonyl (C=O) groups excluding carboxylic acids is 1. The van der Waals surface area contributed by atoms with Crippen LogP contribution in [0, 0.1) is 0 Å². The summed E-state index contributed by atoms with van der Waals surface area (Å²) in [6.45, 7) is 0. The van der Waals surface area contributed by atoms with Gasteiger partial charge in [-0.05, 0) is 24.3 Å². The summed E-state index contributed by atoms with van der Waals surface area (Å²) in [5.41, 5.74) is -0.683. The predicted molar refractivity (Wildman–Crippen MR) is 93.6 cm³/mol. The summed E-state index contributed by atoms with van der Waals surface area (Å²) in [5, 5.41) is 2.62. The van der Waals surface area contributed by atoms with Crippen molar-refractivity contribution in [3.05, 3.63) is 87.2 Å². The molecule has 7 heteroatoms. The molecule has 0 aliphatic carbocycles. The Hall–Kier alpha value is -3.61. The lowest BCUT2D eigenvalue weighted by Gasteiger charge is -2.09. The van der Waals surface area contributed by atoms with Crippen LogP contribution in [0.3, 0.4) is 0 Å². The average molecular weight is 337 g/mol. The third-order valence-corrected chi connectivity index (χ3v) is 3.56. The zero-order valence-corrected chi connectivity index (χ0v) is 13.4. The van der Waals surface area contributed by atoms with Gasteiger partial charge in [-0.3, -0.25) is 9.59 Å². The van der Waals surface area contributed by atoms with Crippen molar-refractivity contribution in [2.45, 2.75) is 0 Å². The van der Waals surface area contributed by atoms with E-state index in [-0.39, 0.29) is 5.56 Å². The van der Waals surface area contributed by atoms with Crippen LogP contribution in [-0.2, 0) is 0 Å². The molecule has 25 heavy (non-hydrogen) atoms. The number of ether oxygens (including phenoxy) is 1. The fourth-order valence-electron chi connectivity index (χ4n) is 2.34. The van der Waals surface area contributed by atoms with Crippen LogP contribution < -0.4 is 21.3 Å². The molecule has 2 aromatic carbocycles. The van der Waals surface area contributed by atoms with Crippen molar-refractivity contribution in [2.75, 3.05) is 12.4 Å². The molecule has 1 heterocycles. The van der Waals surface area contributed by atoms with Crippen molar-refractivity contribution in [1.29, 1.82) is 0 Å². The number of nitrogens with zero attached hydrogens (tertiary/aromatic N) is 1. The number of carbonyl (C=O) groups is 1. The number of rotatable bonds is 4. The minimum Gasteiger partial charge on any atom is -0.497 e. The number of H-pyrrole nitrogens is 1. The highest BCUT2D eigenvalue weighted by molar-refractivity contribution is 6.03. The van der Waals surface area contributed by atoms with E-state index in [4.69, 9.17) is 4.74 Å². The van der Waals surface area contributed by atoms with E-state index < -0.39 is 17.2 Å². The molecule has 1 aromatic heterocycles. The van der Waals surface area contributed by atoms with Crippen molar-refractivity contribution in [2.24, 2.45) is 0 Å². The first-order valence-corrected chi connectivity index (χ1v) is 7.45. The number of anilines is 1. The van der Waals surface area contributed by atoms with E-state index in [2.05, 4.69) is 10.3 Å². The molecule has 7 nitrogen and oxygen atoms in total. The van der Waals surface area contributed by atoms with Crippen LogP contribution >= 0.6 is 0 Å². The summed E-state index contributed by atoms with van der Waals surface area (Å²) in [6, 6.07) is 15.2. The Balaban J connectivity index is 2.04. The summed E-state index contributed by atoms with van der Waals surface area (Å²) in [4.78, 5) is 39.6. The number of methoxy groups -OCH3 is 1. The zero-order valence-electron chi connectivity index (χ0n) is 13.4. The van der Waals surface area contributed by atoms with Crippen molar-refractivity contribution in [3.8, 4) is 11.4 Å². The number of nitrogens with one attached hydrogen (secondary N) is 2. The van der Waals surface area contributed by atoms with Gasteiger partial charge in [-0.2, -0.15) is 0 Å². The molecule has 2 N–H and O–H groups in total. The van der Waals surface area contributed by atoms with Gasteiger partial charge in [-0.15, -0.1) is 0 Å². The highest BCUT2D eigenvalue weighted by Gasteiger charge is 2.16. The molecule has 0 bridgehead atoms.